The highest BCUT2D eigenvalue weighted by molar-refractivity contribution is 5.94. The first-order valence-electron chi connectivity index (χ1n) is 8.22. The lowest BCUT2D eigenvalue weighted by Gasteiger charge is -2.35. The fourth-order valence-electron chi connectivity index (χ4n) is 3.52. The van der Waals surface area contributed by atoms with Gasteiger partial charge in [0, 0.05) is 23.9 Å². The summed E-state index contributed by atoms with van der Waals surface area (Å²) in [5.74, 6) is 0.793. The van der Waals surface area contributed by atoms with E-state index in [1.807, 2.05) is 63.4 Å². The van der Waals surface area contributed by atoms with Crippen LogP contribution in [0.25, 0.3) is 11.1 Å². The number of aromatic nitrogens is 1. The first-order chi connectivity index (χ1) is 12.1. The molecule has 5 heteroatoms. The van der Waals surface area contributed by atoms with E-state index in [-0.39, 0.29) is 12.1 Å². The lowest BCUT2D eigenvalue weighted by molar-refractivity contribution is 0.209. The molecule has 0 bridgehead atoms. The molecular formula is C20H19N3O2. The molecule has 1 N–H and O–H groups in total. The Labute approximate surface area is 146 Å². The van der Waals surface area contributed by atoms with Crippen LogP contribution in [0.4, 0.5) is 10.5 Å². The topological polar surface area (TPSA) is 58.4 Å². The van der Waals surface area contributed by atoms with E-state index >= 15 is 0 Å². The number of carbonyl (C=O) groups is 1. The SMILES string of the molecule is Cc1noc(C)c1-c1ccc2c(c1)[C@H](c1ccccc1)N(C)C(=O)N2. The Morgan fingerprint density at radius 1 is 1.12 bits per heavy atom. The maximum Gasteiger partial charge on any atom is 0.322 e. The highest BCUT2D eigenvalue weighted by Crippen LogP contribution is 2.39. The van der Waals surface area contributed by atoms with Crippen LogP contribution in [0, 0.1) is 13.8 Å². The second-order valence-corrected chi connectivity index (χ2v) is 6.36. The van der Waals surface area contributed by atoms with Gasteiger partial charge in [-0.2, -0.15) is 0 Å². The van der Waals surface area contributed by atoms with E-state index in [4.69, 9.17) is 4.52 Å². The lowest BCUT2D eigenvalue weighted by Crippen LogP contribution is -2.39. The van der Waals surface area contributed by atoms with Crippen LogP contribution in [0.15, 0.2) is 53.1 Å². The highest BCUT2D eigenvalue weighted by atomic mass is 16.5. The van der Waals surface area contributed by atoms with Crippen LogP contribution in [-0.2, 0) is 0 Å². The van der Waals surface area contributed by atoms with Gasteiger partial charge in [-0.15, -0.1) is 0 Å². The van der Waals surface area contributed by atoms with Gasteiger partial charge in [-0.1, -0.05) is 41.6 Å². The van der Waals surface area contributed by atoms with E-state index in [0.717, 1.165) is 39.4 Å². The molecule has 1 aliphatic heterocycles. The predicted molar refractivity (Wildman–Crippen MR) is 96.5 cm³/mol. The zero-order chi connectivity index (χ0) is 17.6. The monoisotopic (exact) mass is 333 g/mol. The number of hydrogen-bond donors (Lipinski definition) is 1. The molecule has 1 atom stereocenters. The quantitative estimate of drug-likeness (QED) is 0.750. The number of nitrogens with zero attached hydrogens (tertiary/aromatic N) is 2. The van der Waals surface area contributed by atoms with Gasteiger partial charge in [-0.25, -0.2) is 4.79 Å². The van der Waals surface area contributed by atoms with Gasteiger partial charge in [-0.3, -0.25) is 0 Å². The van der Waals surface area contributed by atoms with Crippen molar-refractivity contribution in [2.24, 2.45) is 0 Å². The number of fused-ring (bicyclic) bond motifs is 1. The molecule has 0 unspecified atom stereocenters. The minimum atomic E-state index is -0.134. The van der Waals surface area contributed by atoms with E-state index < -0.39 is 0 Å². The van der Waals surface area contributed by atoms with Gasteiger partial charge in [0.25, 0.3) is 0 Å². The fourth-order valence-corrected chi connectivity index (χ4v) is 3.52. The molecule has 0 fully saturated rings. The number of rotatable bonds is 2. The van der Waals surface area contributed by atoms with Crippen molar-refractivity contribution in [3.8, 4) is 11.1 Å². The Hall–Kier alpha value is -3.08. The van der Waals surface area contributed by atoms with Crippen molar-refractivity contribution in [2.45, 2.75) is 19.9 Å². The number of hydrogen-bond acceptors (Lipinski definition) is 3. The number of urea groups is 1. The van der Waals surface area contributed by atoms with Crippen molar-refractivity contribution in [2.75, 3.05) is 12.4 Å². The van der Waals surface area contributed by atoms with Crippen LogP contribution in [0.3, 0.4) is 0 Å². The normalized spacial score (nSPS) is 16.5. The van der Waals surface area contributed by atoms with Crippen molar-refractivity contribution in [1.29, 1.82) is 0 Å². The van der Waals surface area contributed by atoms with E-state index in [1.54, 1.807) is 4.90 Å². The van der Waals surface area contributed by atoms with Gasteiger partial charge in [0.15, 0.2) is 0 Å². The molecule has 2 amide bonds. The Kier molecular flexibility index (Phi) is 3.57. The average Bonchev–Trinajstić information content (AvgIpc) is 2.95. The van der Waals surface area contributed by atoms with Gasteiger partial charge in [0.05, 0.1) is 11.7 Å². The number of benzene rings is 2. The molecule has 0 saturated heterocycles. The van der Waals surface area contributed by atoms with Crippen LogP contribution in [0.2, 0.25) is 0 Å². The van der Waals surface area contributed by atoms with Crippen LogP contribution < -0.4 is 5.32 Å². The highest BCUT2D eigenvalue weighted by Gasteiger charge is 2.31. The van der Waals surface area contributed by atoms with Gasteiger partial charge >= 0.3 is 6.03 Å². The molecule has 0 aliphatic carbocycles. The number of anilines is 1. The molecule has 3 aromatic rings. The molecule has 0 spiro atoms. The average molecular weight is 333 g/mol. The molecule has 1 aromatic heterocycles. The molecule has 126 valence electrons. The van der Waals surface area contributed by atoms with Crippen molar-refractivity contribution in [1.82, 2.24) is 10.1 Å². The molecule has 2 aromatic carbocycles. The Balaban J connectivity index is 1.90. The third-order valence-corrected chi connectivity index (χ3v) is 4.73. The molecule has 2 heterocycles. The Morgan fingerprint density at radius 2 is 1.88 bits per heavy atom. The molecule has 4 rings (SSSR count). The first-order valence-corrected chi connectivity index (χ1v) is 8.22. The third-order valence-electron chi connectivity index (χ3n) is 4.73. The standard InChI is InChI=1S/C20H19N3O2/c1-12-18(13(2)25-22-12)15-9-10-17-16(11-15)19(23(3)20(24)21-17)14-7-5-4-6-8-14/h4-11,19H,1-3H3,(H,21,24)/t19-/m0/s1. The number of carbonyl (C=O) groups excluding carboxylic acids is 1. The van der Waals surface area contributed by atoms with E-state index in [2.05, 4.69) is 16.5 Å². The fraction of sp³-hybridized carbons (Fsp3) is 0.200. The Bertz CT molecular complexity index is 927. The molecule has 5 nitrogen and oxygen atoms in total. The lowest BCUT2D eigenvalue weighted by atomic mass is 9.91. The van der Waals surface area contributed by atoms with E-state index in [1.165, 1.54) is 0 Å². The number of amides is 2. The minimum Gasteiger partial charge on any atom is -0.361 e. The van der Waals surface area contributed by atoms with Gasteiger partial charge in [0.1, 0.15) is 5.76 Å². The van der Waals surface area contributed by atoms with Gasteiger partial charge in [-0.05, 0) is 37.1 Å². The third kappa shape index (κ3) is 2.48. The number of aryl methyl sites for hydroxylation is 2. The maximum atomic E-state index is 12.4. The second-order valence-electron chi connectivity index (χ2n) is 6.36. The first kappa shape index (κ1) is 15.4. The smallest absolute Gasteiger partial charge is 0.322 e. The summed E-state index contributed by atoms with van der Waals surface area (Å²) in [4.78, 5) is 14.1. The second kappa shape index (κ2) is 5.77. The van der Waals surface area contributed by atoms with Gasteiger partial charge < -0.3 is 14.7 Å². The summed E-state index contributed by atoms with van der Waals surface area (Å²) in [5, 5.41) is 7.01. The summed E-state index contributed by atoms with van der Waals surface area (Å²) in [7, 11) is 1.82. The van der Waals surface area contributed by atoms with E-state index in [9.17, 15) is 4.79 Å². The Morgan fingerprint density at radius 3 is 2.56 bits per heavy atom. The van der Waals surface area contributed by atoms with Crippen LogP contribution in [-0.4, -0.2) is 23.1 Å². The van der Waals surface area contributed by atoms with Crippen molar-refractivity contribution in [3.63, 3.8) is 0 Å². The summed E-state index contributed by atoms with van der Waals surface area (Å²) >= 11 is 0. The zero-order valence-corrected chi connectivity index (χ0v) is 14.4. The van der Waals surface area contributed by atoms with Gasteiger partial charge in [0.2, 0.25) is 0 Å². The zero-order valence-electron chi connectivity index (χ0n) is 14.4. The number of nitrogens with one attached hydrogen (secondary N) is 1. The summed E-state index contributed by atoms with van der Waals surface area (Å²) in [6.45, 7) is 3.85. The minimum absolute atomic E-state index is 0.105. The van der Waals surface area contributed by atoms with Crippen LogP contribution >= 0.6 is 0 Å². The molecule has 0 radical (unpaired) electrons. The molecule has 0 saturated carbocycles. The molecule has 1 aliphatic rings. The summed E-state index contributed by atoms with van der Waals surface area (Å²) in [6, 6.07) is 15.9. The molecular weight excluding hydrogens is 314 g/mol. The molecule has 25 heavy (non-hydrogen) atoms. The summed E-state index contributed by atoms with van der Waals surface area (Å²) < 4.78 is 5.31. The van der Waals surface area contributed by atoms with E-state index in [0.29, 0.717) is 0 Å². The maximum absolute atomic E-state index is 12.4. The largest absolute Gasteiger partial charge is 0.361 e. The van der Waals surface area contributed by atoms with Crippen molar-refractivity contribution < 1.29 is 9.32 Å². The summed E-state index contributed by atoms with van der Waals surface area (Å²) in [5.41, 5.74) is 5.90. The van der Waals surface area contributed by atoms with Crippen LogP contribution in [0.5, 0.6) is 0 Å². The van der Waals surface area contributed by atoms with Crippen molar-refractivity contribution >= 4 is 11.7 Å². The van der Waals surface area contributed by atoms with Crippen molar-refractivity contribution in [3.05, 3.63) is 71.1 Å². The van der Waals surface area contributed by atoms with Crippen LogP contribution in [0.1, 0.15) is 28.6 Å². The summed E-state index contributed by atoms with van der Waals surface area (Å²) in [6.07, 6.45) is 0. The predicted octanol–water partition coefficient (Wildman–Crippen LogP) is 4.53.